The molecule has 1 aromatic heterocycles. The van der Waals surface area contributed by atoms with Crippen LogP contribution in [0.1, 0.15) is 48.0 Å². The Balaban J connectivity index is 1.35. The van der Waals surface area contributed by atoms with Crippen molar-refractivity contribution < 1.29 is 14.4 Å². The second-order valence-corrected chi connectivity index (χ2v) is 10.1. The first-order valence-corrected chi connectivity index (χ1v) is 12.8. The summed E-state index contributed by atoms with van der Waals surface area (Å²) in [6, 6.07) is 11.8. The van der Waals surface area contributed by atoms with Crippen molar-refractivity contribution in [3.63, 3.8) is 0 Å². The average molecular weight is 474 g/mol. The monoisotopic (exact) mass is 473 g/mol. The number of benzene rings is 1. The van der Waals surface area contributed by atoms with Gasteiger partial charge >= 0.3 is 0 Å². The molecule has 5 heterocycles. The van der Waals surface area contributed by atoms with Crippen LogP contribution in [0.5, 0.6) is 0 Å². The van der Waals surface area contributed by atoms with E-state index >= 15 is 0 Å². The molecule has 0 saturated carbocycles. The number of pyridine rings is 1. The zero-order chi connectivity index (χ0) is 24.0. The van der Waals surface area contributed by atoms with Gasteiger partial charge in [0.2, 0.25) is 5.91 Å². The van der Waals surface area contributed by atoms with Gasteiger partial charge in [0.15, 0.2) is 0 Å². The Morgan fingerprint density at radius 1 is 1.00 bits per heavy atom. The number of nitrogens with zero attached hydrogens (tertiary/aromatic N) is 4. The van der Waals surface area contributed by atoms with Gasteiger partial charge in [-0.25, -0.2) is 0 Å². The topological polar surface area (TPSA) is 85.9 Å². The average Bonchev–Trinajstić information content (AvgIpc) is 3.54. The number of amides is 3. The molecule has 8 heteroatoms. The van der Waals surface area contributed by atoms with E-state index in [0.29, 0.717) is 51.0 Å². The number of rotatable bonds is 1. The van der Waals surface area contributed by atoms with Crippen molar-refractivity contribution in [3.8, 4) is 0 Å². The third-order valence-electron chi connectivity index (χ3n) is 8.24. The number of para-hydroxylation sites is 1. The summed E-state index contributed by atoms with van der Waals surface area (Å²) in [4.78, 5) is 51.2. The second kappa shape index (κ2) is 8.75. The minimum absolute atomic E-state index is 0.0210. The maximum Gasteiger partial charge on any atom is 0.255 e. The molecule has 3 atom stereocenters. The number of anilines is 1. The van der Waals surface area contributed by atoms with E-state index in [1.165, 1.54) is 0 Å². The zero-order valence-corrected chi connectivity index (χ0v) is 19.9. The third-order valence-corrected chi connectivity index (χ3v) is 8.24. The largest absolute Gasteiger partial charge is 0.356 e. The summed E-state index contributed by atoms with van der Waals surface area (Å²) in [6.07, 6.45) is 7.37. The SMILES string of the molecule is O=C1NCCCN(C(=O)c2cccnc2)CCCN2C(=O)[C@@]3(c4ccccc42)[C@@H]1C[C@@H]1CCCN13. The van der Waals surface area contributed by atoms with E-state index in [4.69, 9.17) is 0 Å². The summed E-state index contributed by atoms with van der Waals surface area (Å²) in [5, 5.41) is 3.12. The molecule has 3 amide bonds. The smallest absolute Gasteiger partial charge is 0.255 e. The maximum atomic E-state index is 14.3. The Morgan fingerprint density at radius 3 is 2.71 bits per heavy atom. The molecule has 0 aliphatic carbocycles. The van der Waals surface area contributed by atoms with E-state index in [9.17, 15) is 14.4 Å². The van der Waals surface area contributed by atoms with Crippen LogP contribution in [0.3, 0.4) is 0 Å². The van der Waals surface area contributed by atoms with E-state index in [2.05, 4.69) is 15.2 Å². The van der Waals surface area contributed by atoms with Crippen molar-refractivity contribution in [2.75, 3.05) is 37.6 Å². The third kappa shape index (κ3) is 3.37. The summed E-state index contributed by atoms with van der Waals surface area (Å²) in [7, 11) is 0. The van der Waals surface area contributed by atoms with E-state index in [1.807, 2.05) is 34.1 Å². The fourth-order valence-electron chi connectivity index (χ4n) is 6.79. The Morgan fingerprint density at radius 2 is 1.86 bits per heavy atom. The molecular formula is C27H31N5O3. The fourth-order valence-corrected chi connectivity index (χ4v) is 6.79. The molecule has 0 radical (unpaired) electrons. The highest BCUT2D eigenvalue weighted by molar-refractivity contribution is 6.11. The second-order valence-electron chi connectivity index (χ2n) is 10.1. The number of hydrogen-bond donors (Lipinski definition) is 1. The van der Waals surface area contributed by atoms with Gasteiger partial charge in [-0.2, -0.15) is 0 Å². The highest BCUT2D eigenvalue weighted by Gasteiger charge is 2.66. The Bertz CT molecular complexity index is 1150. The molecule has 6 rings (SSSR count). The Labute approximate surface area is 205 Å². The molecule has 3 saturated heterocycles. The van der Waals surface area contributed by atoms with Crippen LogP contribution in [0.25, 0.3) is 0 Å². The van der Waals surface area contributed by atoms with Crippen molar-refractivity contribution in [3.05, 3.63) is 59.9 Å². The predicted octanol–water partition coefficient (Wildman–Crippen LogP) is 2.16. The van der Waals surface area contributed by atoms with Crippen molar-refractivity contribution in [2.24, 2.45) is 5.92 Å². The summed E-state index contributed by atoms with van der Waals surface area (Å²) >= 11 is 0. The van der Waals surface area contributed by atoms with Gasteiger partial charge in [0, 0.05) is 55.9 Å². The minimum Gasteiger partial charge on any atom is -0.356 e. The van der Waals surface area contributed by atoms with Crippen molar-refractivity contribution >= 4 is 23.4 Å². The van der Waals surface area contributed by atoms with Crippen LogP contribution < -0.4 is 10.2 Å². The van der Waals surface area contributed by atoms with Gasteiger partial charge in [0.1, 0.15) is 5.54 Å². The van der Waals surface area contributed by atoms with E-state index < -0.39 is 11.5 Å². The van der Waals surface area contributed by atoms with Crippen LogP contribution in [-0.2, 0) is 15.1 Å². The lowest BCUT2D eigenvalue weighted by atomic mass is 9.78. The molecule has 35 heavy (non-hydrogen) atoms. The molecule has 1 aromatic carbocycles. The molecule has 182 valence electrons. The number of carbonyl (C=O) groups excluding carboxylic acids is 3. The fraction of sp³-hybridized carbons (Fsp3) is 0.481. The van der Waals surface area contributed by atoms with E-state index in [1.54, 1.807) is 24.5 Å². The van der Waals surface area contributed by atoms with E-state index in [0.717, 1.165) is 30.6 Å². The molecule has 4 aliphatic rings. The first kappa shape index (κ1) is 22.2. The normalized spacial score (nSPS) is 28.9. The van der Waals surface area contributed by atoms with Crippen LogP contribution >= 0.6 is 0 Å². The quantitative estimate of drug-likeness (QED) is 0.686. The van der Waals surface area contributed by atoms with Crippen molar-refractivity contribution in [1.29, 1.82) is 0 Å². The number of aromatic nitrogens is 1. The van der Waals surface area contributed by atoms with Gasteiger partial charge < -0.3 is 15.1 Å². The van der Waals surface area contributed by atoms with Crippen molar-refractivity contribution in [1.82, 2.24) is 20.1 Å². The molecule has 3 fully saturated rings. The number of hydrogen-bond acceptors (Lipinski definition) is 5. The lowest BCUT2D eigenvalue weighted by Crippen LogP contribution is -2.56. The van der Waals surface area contributed by atoms with Gasteiger partial charge in [-0.15, -0.1) is 0 Å². The molecule has 8 nitrogen and oxygen atoms in total. The molecule has 0 unspecified atom stereocenters. The Hall–Kier alpha value is -3.26. The molecule has 4 aliphatic heterocycles. The minimum atomic E-state index is -0.916. The van der Waals surface area contributed by atoms with E-state index in [-0.39, 0.29) is 23.8 Å². The lowest BCUT2D eigenvalue weighted by Gasteiger charge is -2.37. The number of fused-ring (bicyclic) bond motifs is 4. The molecular weight excluding hydrogens is 442 g/mol. The highest BCUT2D eigenvalue weighted by atomic mass is 16.2. The summed E-state index contributed by atoms with van der Waals surface area (Å²) in [5.41, 5.74) is 1.51. The molecule has 2 bridgehead atoms. The van der Waals surface area contributed by atoms with Crippen LogP contribution in [0.2, 0.25) is 0 Å². The first-order chi connectivity index (χ1) is 17.1. The zero-order valence-electron chi connectivity index (χ0n) is 19.9. The Kier molecular flexibility index (Phi) is 5.56. The molecule has 1 spiro atoms. The summed E-state index contributed by atoms with van der Waals surface area (Å²) in [6.45, 7) is 2.92. The predicted molar refractivity (Wildman–Crippen MR) is 131 cm³/mol. The van der Waals surface area contributed by atoms with Gasteiger partial charge in [0.25, 0.3) is 11.8 Å². The standard InChI is InChI=1S/C27H31N5O3/c33-24-22-17-20-8-4-16-32(20)27(22)21-9-1-2-10-23(21)31(26(27)35)15-6-14-30(13-5-12-29-24)25(34)19-7-3-11-28-18-19/h1-3,7,9-11,18,20,22H,4-6,8,12-17H2,(H,29,33)/t20-,22+,27+/m0/s1. The van der Waals surface area contributed by atoms with Crippen molar-refractivity contribution in [2.45, 2.75) is 43.7 Å². The highest BCUT2D eigenvalue weighted by Crippen LogP contribution is 2.57. The van der Waals surface area contributed by atoms with Gasteiger partial charge in [-0.05, 0) is 56.8 Å². The van der Waals surface area contributed by atoms with Crippen LogP contribution in [0.4, 0.5) is 5.69 Å². The summed E-state index contributed by atoms with van der Waals surface area (Å²) < 4.78 is 0. The van der Waals surface area contributed by atoms with Gasteiger partial charge in [0.05, 0.1) is 11.5 Å². The molecule has 2 aromatic rings. The van der Waals surface area contributed by atoms with Crippen LogP contribution in [-0.4, -0.2) is 71.3 Å². The van der Waals surface area contributed by atoms with Crippen LogP contribution in [0.15, 0.2) is 48.8 Å². The van der Waals surface area contributed by atoms with Gasteiger partial charge in [-0.3, -0.25) is 24.3 Å². The number of carbonyl (C=O) groups is 3. The van der Waals surface area contributed by atoms with Gasteiger partial charge in [-0.1, -0.05) is 18.2 Å². The summed E-state index contributed by atoms with van der Waals surface area (Å²) in [5.74, 6) is -0.498. The number of nitrogens with one attached hydrogen (secondary N) is 1. The van der Waals surface area contributed by atoms with Crippen LogP contribution in [0, 0.1) is 5.92 Å². The first-order valence-electron chi connectivity index (χ1n) is 12.8. The molecule has 1 N–H and O–H groups in total. The maximum absolute atomic E-state index is 14.3. The lowest BCUT2D eigenvalue weighted by molar-refractivity contribution is -0.138.